The summed E-state index contributed by atoms with van der Waals surface area (Å²) in [6.45, 7) is 13.3. The van der Waals surface area contributed by atoms with Crippen molar-refractivity contribution in [2.75, 3.05) is 9.80 Å². The maximum Gasteiger partial charge on any atom is 0.136 e. The van der Waals surface area contributed by atoms with Crippen LogP contribution in [-0.4, -0.2) is 9.13 Å². The van der Waals surface area contributed by atoms with Crippen LogP contribution in [0.15, 0.2) is 378 Å². The van der Waals surface area contributed by atoms with Crippen LogP contribution in [0, 0.1) is 0 Å². The zero-order chi connectivity index (χ0) is 92.0. The highest BCUT2D eigenvalue weighted by Gasteiger charge is 2.45. The van der Waals surface area contributed by atoms with Crippen LogP contribution < -0.4 is 9.80 Å². The summed E-state index contributed by atoms with van der Waals surface area (Å²) in [5.41, 5.74) is 18.7. The molecular formula is C111H80N4O2. The molecule has 0 N–H and O–H groups in total. The van der Waals surface area contributed by atoms with Gasteiger partial charge in [0.25, 0.3) is 0 Å². The van der Waals surface area contributed by atoms with Gasteiger partial charge in [-0.15, -0.1) is 0 Å². The van der Waals surface area contributed by atoms with Crippen molar-refractivity contribution in [2.24, 2.45) is 0 Å². The number of rotatable bonds is 10. The van der Waals surface area contributed by atoms with Gasteiger partial charge < -0.3 is 27.8 Å². The van der Waals surface area contributed by atoms with E-state index in [1.54, 1.807) is 4.57 Å². The lowest BCUT2D eigenvalue weighted by Crippen LogP contribution is -2.30. The third kappa shape index (κ3) is 10.6. The number of furan rings is 2. The van der Waals surface area contributed by atoms with Crippen LogP contribution in [0.5, 0.6) is 0 Å². The molecule has 0 aliphatic carbocycles. The summed E-state index contributed by atoms with van der Waals surface area (Å²) >= 11 is 0. The molecule has 0 saturated carbocycles. The molecule has 0 amide bonds. The van der Waals surface area contributed by atoms with Gasteiger partial charge >= 0.3 is 0 Å². The molecule has 2 aliphatic heterocycles. The molecule has 117 heavy (non-hydrogen) atoms. The predicted octanol–water partition coefficient (Wildman–Crippen LogP) is 31.0. The van der Waals surface area contributed by atoms with E-state index in [9.17, 15) is 21.9 Å². The van der Waals surface area contributed by atoms with Gasteiger partial charge in [0.2, 0.25) is 0 Å². The summed E-state index contributed by atoms with van der Waals surface area (Å²) in [7, 11) is 0. The second-order valence-corrected chi connectivity index (χ2v) is 32.7. The summed E-state index contributed by atoms with van der Waals surface area (Å²) in [5, 5.41) is 2.53. The van der Waals surface area contributed by atoms with E-state index in [2.05, 4.69) is 167 Å². The number of hydrogen-bond acceptors (Lipinski definition) is 4. The molecule has 2 aliphatic rings. The van der Waals surface area contributed by atoms with Gasteiger partial charge in [0, 0.05) is 82.5 Å². The Bertz CT molecular complexity index is 8500. The number of hydrogen-bond donors (Lipinski definition) is 0. The van der Waals surface area contributed by atoms with Gasteiger partial charge in [0.1, 0.15) is 22.3 Å². The van der Waals surface area contributed by atoms with Crippen molar-refractivity contribution in [3.63, 3.8) is 0 Å². The average Bonchev–Trinajstić information content (AvgIpc) is 1.54. The first-order valence-corrected chi connectivity index (χ1v) is 39.5. The van der Waals surface area contributed by atoms with Gasteiger partial charge in [-0.3, -0.25) is 0 Å². The Labute approximate surface area is 701 Å². The van der Waals surface area contributed by atoms with Crippen molar-refractivity contribution in [3.8, 4) is 78.1 Å². The number of para-hydroxylation sites is 6. The van der Waals surface area contributed by atoms with Gasteiger partial charge in [-0.05, 0) is 168 Å². The van der Waals surface area contributed by atoms with Gasteiger partial charge in [0.05, 0.1) is 83.8 Å². The molecule has 1 unspecified atom stereocenters. The molecule has 23 rings (SSSR count). The normalized spacial score (nSPS) is 15.4. The highest BCUT2D eigenvalue weighted by molar-refractivity contribution is 6.23. The SMILES string of the molecule is [2H]c1c([2H])c([2H])c2c(c1[2H])c1c([2H])c([2H])c([2H])c([2H])c1n2-c1ccc2c(c1)N(c1c(-c3ccccc3)cc3oc4ccccc4c3c1-c1ccccc1)c1cc(-n3c4c([2H])c([2H])c([2H])c([2H])c4c4c([2H])c([2H])c([2H])c([2H])c43)cc3c1C2c1cc(-c2cc(C(C)(C)C)cc(C(C)(C)C)c2)ccc1N3c1c(-c2ccccc2)cc2oc3ccccc3c2c1-c1cccc(-c2ccccc2)c1. The van der Waals surface area contributed by atoms with Crippen LogP contribution in [0.1, 0.15) is 97.2 Å². The Kier molecular flexibility index (Phi) is 11.9. The Morgan fingerprint density at radius 3 is 1.20 bits per heavy atom. The van der Waals surface area contributed by atoms with E-state index < -0.39 is 103 Å². The van der Waals surface area contributed by atoms with Gasteiger partial charge in [-0.25, -0.2) is 0 Å². The topological polar surface area (TPSA) is 42.6 Å². The lowest BCUT2D eigenvalue weighted by molar-refractivity contribution is 0.569. The molecule has 556 valence electrons. The number of nitrogens with zero attached hydrogens (tertiary/aromatic N) is 4. The molecule has 4 aromatic heterocycles. The van der Waals surface area contributed by atoms with Crippen molar-refractivity contribution in [1.29, 1.82) is 0 Å². The second kappa shape index (κ2) is 26.0. The maximum absolute atomic E-state index is 10.4. The molecular weight excluding hydrogens is 1420 g/mol. The Balaban J connectivity index is 0.993. The molecule has 0 saturated heterocycles. The molecule has 6 nitrogen and oxygen atoms in total. The van der Waals surface area contributed by atoms with E-state index in [0.717, 1.165) is 88.5 Å². The number of benzene rings is 17. The maximum atomic E-state index is 10.4. The van der Waals surface area contributed by atoms with Gasteiger partial charge in [0.15, 0.2) is 0 Å². The van der Waals surface area contributed by atoms with E-state index in [1.165, 1.54) is 4.57 Å². The smallest absolute Gasteiger partial charge is 0.136 e. The van der Waals surface area contributed by atoms with Crippen molar-refractivity contribution in [3.05, 3.63) is 397 Å². The minimum atomic E-state index is -0.915. The number of aromatic nitrogens is 2. The van der Waals surface area contributed by atoms with Crippen LogP contribution in [-0.2, 0) is 10.8 Å². The van der Waals surface area contributed by atoms with E-state index in [0.29, 0.717) is 84.1 Å². The molecule has 0 fully saturated rings. The highest BCUT2D eigenvalue weighted by Crippen LogP contribution is 2.66. The van der Waals surface area contributed by atoms with Crippen LogP contribution in [0.3, 0.4) is 0 Å². The fourth-order valence-electron chi connectivity index (χ4n) is 18.5. The molecule has 1 atom stereocenters. The number of fused-ring (bicyclic) bond motifs is 16. The number of anilines is 6. The first-order chi connectivity index (χ1) is 64.0. The summed E-state index contributed by atoms with van der Waals surface area (Å²) in [6, 6.07) is 83.2. The van der Waals surface area contributed by atoms with E-state index in [1.807, 2.05) is 158 Å². The van der Waals surface area contributed by atoms with Crippen LogP contribution >= 0.6 is 0 Å². The Hall–Kier alpha value is -14.5. The predicted molar refractivity (Wildman–Crippen MR) is 490 cm³/mol. The lowest BCUT2D eigenvalue weighted by atomic mass is 9.73. The monoisotopic (exact) mass is 1520 g/mol. The van der Waals surface area contributed by atoms with Crippen LogP contribution in [0.4, 0.5) is 34.1 Å². The van der Waals surface area contributed by atoms with Crippen molar-refractivity contribution in [2.45, 2.75) is 58.3 Å². The quantitative estimate of drug-likeness (QED) is 0.137. The van der Waals surface area contributed by atoms with Crippen LogP contribution in [0.2, 0.25) is 0 Å². The summed E-state index contributed by atoms with van der Waals surface area (Å²) in [4.78, 5) is 4.53. The second-order valence-electron chi connectivity index (χ2n) is 32.7. The first kappa shape index (κ1) is 53.5. The molecule has 17 aromatic carbocycles. The van der Waals surface area contributed by atoms with Gasteiger partial charge in [-0.1, -0.05) is 320 Å². The Morgan fingerprint density at radius 2 is 0.692 bits per heavy atom. The standard InChI is InChI=1S/C111H80N4O2/c1-110(2,3)76-59-75(60-77(62-76)111(4,5)6)73-54-57-94-89(61-73)104-84-56-55-78(112-90-48-25-19-42-80(90)81-43-20-26-49-91(81)112)63-95(84)115(108-87(69-34-13-8-14-35-69)66-100-105(85-46-23-29-52-98(85)116-100)102(108)71-38-17-10-18-39-71)97-65-79(113-92-50-27-21-44-82(92)83-45-22-28-51-93(83)113)64-96(107(97)104)114(94)109-88(70-36-15-9-16-37-70)67-101-106(86-47-24-30-53-99(86)117-101)103(109)74-41-31-40-72(58-74)68-32-11-7-12-33-68/h7-67,104H,1-6H3/i19D,20D,21D,22D,25D,26D,27D,28D,42D,43D,44D,45D,48D,49D,50D,51D. The van der Waals surface area contributed by atoms with E-state index >= 15 is 0 Å². The molecule has 6 heterocycles. The van der Waals surface area contributed by atoms with Crippen molar-refractivity contribution < 1.29 is 30.8 Å². The van der Waals surface area contributed by atoms with E-state index in [-0.39, 0.29) is 65.8 Å². The third-order valence-corrected chi connectivity index (χ3v) is 23.8. The molecule has 21 aromatic rings. The lowest BCUT2D eigenvalue weighted by Gasteiger charge is -2.47. The minimum absolute atomic E-state index is 0.112. The minimum Gasteiger partial charge on any atom is -0.456 e. The summed E-state index contributed by atoms with van der Waals surface area (Å²) in [5.74, 6) is -0.915. The zero-order valence-corrected chi connectivity index (χ0v) is 64.7. The Morgan fingerprint density at radius 1 is 0.282 bits per heavy atom. The highest BCUT2D eigenvalue weighted by atomic mass is 16.3. The first-order valence-electron chi connectivity index (χ1n) is 47.5. The van der Waals surface area contributed by atoms with Gasteiger partial charge in [-0.2, -0.15) is 0 Å². The summed E-state index contributed by atoms with van der Waals surface area (Å²) in [6.07, 6.45) is 0. The molecule has 0 radical (unpaired) electrons. The van der Waals surface area contributed by atoms with Crippen LogP contribution in [0.25, 0.3) is 166 Å². The zero-order valence-electron chi connectivity index (χ0n) is 80.7. The van der Waals surface area contributed by atoms with E-state index in [4.69, 9.17) is 8.83 Å². The fraction of sp³-hybridized carbons (Fsp3) is 0.0811. The molecule has 0 spiro atoms. The van der Waals surface area contributed by atoms with Crippen molar-refractivity contribution in [1.82, 2.24) is 9.13 Å². The average molecular weight is 1520 g/mol. The fourth-order valence-corrected chi connectivity index (χ4v) is 18.5. The largest absolute Gasteiger partial charge is 0.456 e. The third-order valence-electron chi connectivity index (χ3n) is 23.8. The molecule has 0 bridgehead atoms. The van der Waals surface area contributed by atoms with Crippen molar-refractivity contribution >= 4 is 122 Å². The summed E-state index contributed by atoms with van der Waals surface area (Å²) < 4.78 is 174. The molecule has 6 heteroatoms.